The molecule has 4 N–H and O–H groups in total. The van der Waals surface area contributed by atoms with Gasteiger partial charge >= 0.3 is 6.03 Å². The minimum atomic E-state index is -0.368. The second-order valence-electron chi connectivity index (χ2n) is 12.3. The molecule has 5 amide bonds. The molecule has 3 aliphatic heterocycles. The van der Waals surface area contributed by atoms with E-state index in [1.54, 1.807) is 19.1 Å². The monoisotopic (exact) mass is 711 g/mol. The van der Waals surface area contributed by atoms with Crippen molar-refractivity contribution in [2.75, 3.05) is 85.8 Å². The summed E-state index contributed by atoms with van der Waals surface area (Å²) in [7, 11) is 3.17. The number of amides is 5. The Morgan fingerprint density at radius 1 is 0.837 bits per heavy atom. The maximum absolute atomic E-state index is 12.7. The minimum Gasteiger partial charge on any atom is -0.379 e. The van der Waals surface area contributed by atoms with E-state index >= 15 is 0 Å². The summed E-state index contributed by atoms with van der Waals surface area (Å²) < 4.78 is 27.5. The first kappa shape index (κ1) is 40.8. The molecule has 0 radical (unpaired) electrons. The van der Waals surface area contributed by atoms with Crippen LogP contribution >= 0.6 is 11.8 Å². The van der Waals surface area contributed by atoms with E-state index < -0.39 is 0 Å². The lowest BCUT2D eigenvalue weighted by Gasteiger charge is -2.30. The van der Waals surface area contributed by atoms with E-state index in [0.717, 1.165) is 31.4 Å². The highest BCUT2D eigenvalue weighted by Gasteiger charge is 2.42. The smallest absolute Gasteiger partial charge is 0.315 e. The van der Waals surface area contributed by atoms with E-state index in [2.05, 4.69) is 33.1 Å². The van der Waals surface area contributed by atoms with Crippen molar-refractivity contribution in [2.24, 2.45) is 0 Å². The molecule has 14 nitrogen and oxygen atoms in total. The fourth-order valence-corrected chi connectivity index (χ4v) is 7.39. The Bertz CT molecular complexity index is 1070. The van der Waals surface area contributed by atoms with Gasteiger partial charge in [-0.1, -0.05) is 18.3 Å². The van der Waals surface area contributed by atoms with Crippen LogP contribution in [0, 0.1) is 11.8 Å². The van der Waals surface area contributed by atoms with Gasteiger partial charge in [-0.15, -0.1) is 0 Å². The number of methoxy groups -OCH3 is 2. The second-order valence-corrected chi connectivity index (χ2v) is 13.6. The molecule has 0 spiro atoms. The number of carbonyl (C=O) groups is 4. The number of carbonyl (C=O) groups excluding carboxylic acids is 4. The van der Waals surface area contributed by atoms with Gasteiger partial charge in [0.2, 0.25) is 17.7 Å². The predicted octanol–water partition coefficient (Wildman–Crippen LogP) is 1.21. The number of nitrogens with one attached hydrogen (secondary N) is 4. The van der Waals surface area contributed by atoms with Crippen LogP contribution in [0.5, 0.6) is 0 Å². The van der Waals surface area contributed by atoms with E-state index in [0.29, 0.717) is 110 Å². The van der Waals surface area contributed by atoms with E-state index in [9.17, 15) is 19.2 Å². The number of rotatable bonds is 25. The lowest BCUT2D eigenvalue weighted by molar-refractivity contribution is -0.134. The van der Waals surface area contributed by atoms with Gasteiger partial charge in [0.15, 0.2) is 0 Å². The van der Waals surface area contributed by atoms with Gasteiger partial charge in [0.05, 0.1) is 45.1 Å². The van der Waals surface area contributed by atoms with Crippen molar-refractivity contribution in [1.82, 2.24) is 26.2 Å². The number of hydrogen-bond acceptors (Lipinski definition) is 10. The molecule has 15 heteroatoms. The second kappa shape index (κ2) is 24.5. The summed E-state index contributed by atoms with van der Waals surface area (Å²) >= 11 is 1.90. The summed E-state index contributed by atoms with van der Waals surface area (Å²) in [5, 5.41) is 12.2. The van der Waals surface area contributed by atoms with E-state index in [1.807, 2.05) is 11.8 Å². The van der Waals surface area contributed by atoms with E-state index in [1.165, 1.54) is 0 Å². The highest BCUT2D eigenvalue weighted by atomic mass is 32.2. The van der Waals surface area contributed by atoms with Crippen LogP contribution in [0.2, 0.25) is 0 Å². The number of fused-ring (bicyclic) bond motifs is 1. The molecule has 0 aromatic heterocycles. The van der Waals surface area contributed by atoms with Crippen molar-refractivity contribution in [3.63, 3.8) is 0 Å². The molecule has 2 fully saturated rings. The van der Waals surface area contributed by atoms with Crippen LogP contribution in [0.4, 0.5) is 4.79 Å². The zero-order chi connectivity index (χ0) is 35.1. The van der Waals surface area contributed by atoms with Gasteiger partial charge in [0, 0.05) is 83.8 Å². The van der Waals surface area contributed by atoms with Gasteiger partial charge in [-0.05, 0) is 32.1 Å². The molecule has 2 saturated heterocycles. The van der Waals surface area contributed by atoms with Crippen LogP contribution in [-0.2, 0) is 38.1 Å². The van der Waals surface area contributed by atoms with Gasteiger partial charge in [-0.3, -0.25) is 14.4 Å². The summed E-state index contributed by atoms with van der Waals surface area (Å²) in [6.07, 6.45) is 5.79. The van der Waals surface area contributed by atoms with Crippen molar-refractivity contribution < 1.29 is 42.9 Å². The van der Waals surface area contributed by atoms with Crippen LogP contribution in [-0.4, -0.2) is 144 Å². The molecule has 3 heterocycles. The lowest BCUT2D eigenvalue weighted by Crippen LogP contribution is -2.44. The number of urea groups is 1. The third-order valence-electron chi connectivity index (χ3n) is 8.59. The maximum atomic E-state index is 12.7. The Morgan fingerprint density at radius 3 is 2.14 bits per heavy atom. The van der Waals surface area contributed by atoms with Crippen LogP contribution in [0.1, 0.15) is 64.2 Å². The molecule has 0 saturated carbocycles. The number of thioether (sulfide) groups is 1. The SMILES string of the molecule is CO[C@H]1C#CCCN(C(=O)CCCC(=O)NCCCOCCOCCOCCCNC(=O)CCCC[C@@H]2SC[C@@H]3NC(=O)N[C@@H]32)C[C@@H]1OC. The molecule has 278 valence electrons. The molecule has 49 heavy (non-hydrogen) atoms. The van der Waals surface area contributed by atoms with E-state index in [-0.39, 0.29) is 48.0 Å². The van der Waals surface area contributed by atoms with Crippen LogP contribution in [0.3, 0.4) is 0 Å². The molecule has 0 bridgehead atoms. The van der Waals surface area contributed by atoms with E-state index in [4.69, 9.17) is 23.7 Å². The highest BCUT2D eigenvalue weighted by Crippen LogP contribution is 2.33. The van der Waals surface area contributed by atoms with Crippen molar-refractivity contribution in [3.8, 4) is 11.8 Å². The van der Waals surface area contributed by atoms with Gasteiger partial charge in [-0.25, -0.2) is 4.79 Å². The zero-order valence-corrected chi connectivity index (χ0v) is 30.1. The van der Waals surface area contributed by atoms with Gasteiger partial charge in [0.1, 0.15) is 12.2 Å². The summed E-state index contributed by atoms with van der Waals surface area (Å²) in [6, 6.07) is 0.405. The van der Waals surface area contributed by atoms with Crippen molar-refractivity contribution in [2.45, 2.75) is 93.7 Å². The Kier molecular flexibility index (Phi) is 20.4. The summed E-state index contributed by atoms with van der Waals surface area (Å²) in [6.45, 7) is 5.03. The summed E-state index contributed by atoms with van der Waals surface area (Å²) in [5.41, 5.74) is 0. The quantitative estimate of drug-likeness (QED) is 0.0615. The van der Waals surface area contributed by atoms with Gasteiger partial charge < -0.3 is 49.9 Å². The van der Waals surface area contributed by atoms with Crippen LogP contribution in [0.25, 0.3) is 0 Å². The Labute approximate surface area is 295 Å². The third-order valence-corrected chi connectivity index (χ3v) is 10.1. The Morgan fingerprint density at radius 2 is 1.49 bits per heavy atom. The zero-order valence-electron chi connectivity index (χ0n) is 29.3. The molecule has 0 aromatic rings. The molecule has 5 atom stereocenters. The summed E-state index contributed by atoms with van der Waals surface area (Å²) in [5.74, 6) is 7.02. The average molecular weight is 712 g/mol. The average Bonchev–Trinajstić information content (AvgIpc) is 3.64. The maximum Gasteiger partial charge on any atom is 0.315 e. The molecule has 3 rings (SSSR count). The first-order valence-electron chi connectivity index (χ1n) is 17.7. The van der Waals surface area contributed by atoms with Crippen molar-refractivity contribution >= 4 is 35.5 Å². The molecular weight excluding hydrogens is 654 g/mol. The minimum absolute atomic E-state index is 0.00699. The van der Waals surface area contributed by atoms with Crippen LogP contribution < -0.4 is 21.3 Å². The third kappa shape index (κ3) is 16.3. The van der Waals surface area contributed by atoms with Crippen LogP contribution in [0.15, 0.2) is 0 Å². The first-order valence-corrected chi connectivity index (χ1v) is 18.7. The lowest BCUT2D eigenvalue weighted by atomic mass is 10.0. The standard InChI is InChI=1S/C34H57N5O9S/c1-44-27-10-5-6-17-39(24-28(27)45-2)32(42)14-7-13-31(41)36-16-9-19-47-21-23-48-22-20-46-18-8-15-35-30(40)12-4-3-11-29-33-26(25-49-29)37-34(43)38-33/h26-29,33H,3-4,6-9,11-25H2,1-2H3,(H,35,40)(H,36,41)(H2,37,38,43)/t26-,27-,28-,29-,33-/m0/s1. The number of ether oxygens (including phenoxy) is 5. The van der Waals surface area contributed by atoms with Gasteiger partial charge in [-0.2, -0.15) is 11.8 Å². The molecular formula is C34H57N5O9S. The predicted molar refractivity (Wildman–Crippen MR) is 186 cm³/mol. The summed E-state index contributed by atoms with van der Waals surface area (Å²) in [4.78, 5) is 50.1. The van der Waals surface area contributed by atoms with Crippen molar-refractivity contribution in [3.05, 3.63) is 0 Å². The first-order chi connectivity index (χ1) is 23.9. The fourth-order valence-electron chi connectivity index (χ4n) is 5.85. The number of hydrogen-bond donors (Lipinski definition) is 4. The number of unbranched alkanes of at least 4 members (excludes halogenated alkanes) is 1. The Hall–Kier alpha value is -2.61. The fraction of sp³-hybridized carbons (Fsp3) is 0.824. The molecule has 0 aromatic carbocycles. The topological polar surface area (TPSA) is 166 Å². The largest absolute Gasteiger partial charge is 0.379 e. The molecule has 0 unspecified atom stereocenters. The normalized spacial score (nSPS) is 23.0. The molecule has 3 aliphatic rings. The van der Waals surface area contributed by atoms with Gasteiger partial charge in [0.25, 0.3) is 0 Å². The Balaban J connectivity index is 1.03. The number of nitrogens with zero attached hydrogens (tertiary/aromatic N) is 1. The molecule has 0 aliphatic carbocycles. The van der Waals surface area contributed by atoms with Crippen molar-refractivity contribution in [1.29, 1.82) is 0 Å². The highest BCUT2D eigenvalue weighted by molar-refractivity contribution is 8.00.